The van der Waals surface area contributed by atoms with Crippen molar-refractivity contribution in [2.75, 3.05) is 13.7 Å². The zero-order valence-electron chi connectivity index (χ0n) is 13.8. The highest BCUT2D eigenvalue weighted by Gasteiger charge is 2.15. The van der Waals surface area contributed by atoms with E-state index in [0.29, 0.717) is 18.5 Å². The van der Waals surface area contributed by atoms with E-state index in [1.54, 1.807) is 6.07 Å². The Morgan fingerprint density at radius 3 is 2.48 bits per heavy atom. The van der Waals surface area contributed by atoms with Crippen LogP contribution in [0.2, 0.25) is 0 Å². The van der Waals surface area contributed by atoms with Gasteiger partial charge < -0.3 is 14.8 Å². The predicted octanol–water partition coefficient (Wildman–Crippen LogP) is 1.81. The van der Waals surface area contributed by atoms with Crippen LogP contribution in [0.4, 0.5) is 4.79 Å². The minimum absolute atomic E-state index is 0.0841. The number of ether oxygens (including phenoxy) is 2. The molecular formula is C17H20N2O5S. The fraction of sp³-hybridized carbons (Fsp3) is 0.235. The first-order valence-electron chi connectivity index (χ1n) is 7.54. The van der Waals surface area contributed by atoms with E-state index in [4.69, 9.17) is 14.6 Å². The predicted molar refractivity (Wildman–Crippen MR) is 92.7 cm³/mol. The van der Waals surface area contributed by atoms with Crippen LogP contribution in [-0.4, -0.2) is 28.2 Å². The molecule has 0 fully saturated rings. The second kappa shape index (κ2) is 8.50. The third kappa shape index (κ3) is 5.77. The fourth-order valence-electron chi connectivity index (χ4n) is 2.18. The third-order valence-electron chi connectivity index (χ3n) is 3.43. The molecule has 0 aliphatic heterocycles. The number of hydrogen-bond acceptors (Lipinski definition) is 5. The van der Waals surface area contributed by atoms with E-state index in [1.807, 2.05) is 30.3 Å². The first kappa shape index (κ1) is 18.8. The van der Waals surface area contributed by atoms with E-state index in [9.17, 15) is 13.2 Å². The minimum Gasteiger partial charge on any atom is -0.495 e. The molecule has 0 aliphatic carbocycles. The molecule has 25 heavy (non-hydrogen) atoms. The molecule has 134 valence electrons. The van der Waals surface area contributed by atoms with Gasteiger partial charge in [0.05, 0.1) is 7.11 Å². The molecule has 0 radical (unpaired) electrons. The molecular weight excluding hydrogens is 344 g/mol. The number of sulfonamides is 1. The van der Waals surface area contributed by atoms with E-state index < -0.39 is 16.1 Å². The minimum atomic E-state index is -3.89. The number of rotatable bonds is 7. The monoisotopic (exact) mass is 364 g/mol. The Morgan fingerprint density at radius 1 is 1.12 bits per heavy atom. The summed E-state index contributed by atoms with van der Waals surface area (Å²) in [4.78, 5) is 11.6. The Morgan fingerprint density at radius 2 is 1.84 bits per heavy atom. The molecule has 0 aromatic heterocycles. The zero-order chi connectivity index (χ0) is 18.3. The number of carbonyl (C=O) groups is 1. The van der Waals surface area contributed by atoms with Crippen molar-refractivity contribution in [1.29, 1.82) is 0 Å². The van der Waals surface area contributed by atoms with Crippen LogP contribution in [0.25, 0.3) is 0 Å². The molecule has 0 saturated carbocycles. The molecule has 8 heteroatoms. The van der Waals surface area contributed by atoms with Gasteiger partial charge in [-0.05, 0) is 29.7 Å². The number of amides is 1. The van der Waals surface area contributed by atoms with Crippen LogP contribution in [0.5, 0.6) is 5.75 Å². The largest absolute Gasteiger partial charge is 0.495 e. The van der Waals surface area contributed by atoms with Crippen molar-refractivity contribution in [1.82, 2.24) is 5.32 Å². The molecule has 0 unspecified atom stereocenters. The van der Waals surface area contributed by atoms with Crippen molar-refractivity contribution < 1.29 is 22.7 Å². The second-order valence-corrected chi connectivity index (χ2v) is 6.80. The number of primary sulfonamides is 1. The van der Waals surface area contributed by atoms with Crippen molar-refractivity contribution in [3.8, 4) is 5.75 Å². The Labute approximate surface area is 146 Å². The highest BCUT2D eigenvalue weighted by Crippen LogP contribution is 2.23. The smallest absolute Gasteiger partial charge is 0.407 e. The molecule has 2 rings (SSSR count). The highest BCUT2D eigenvalue weighted by atomic mass is 32.2. The van der Waals surface area contributed by atoms with Crippen molar-refractivity contribution >= 4 is 16.1 Å². The van der Waals surface area contributed by atoms with E-state index >= 15 is 0 Å². The van der Waals surface area contributed by atoms with Crippen LogP contribution in [0, 0.1) is 0 Å². The first-order chi connectivity index (χ1) is 11.9. The van der Waals surface area contributed by atoms with Gasteiger partial charge in [-0.3, -0.25) is 0 Å². The lowest BCUT2D eigenvalue weighted by atomic mass is 10.1. The van der Waals surface area contributed by atoms with Gasteiger partial charge in [-0.2, -0.15) is 0 Å². The lowest BCUT2D eigenvalue weighted by Crippen LogP contribution is -2.26. The number of methoxy groups -OCH3 is 1. The molecule has 0 heterocycles. The number of benzene rings is 2. The summed E-state index contributed by atoms with van der Waals surface area (Å²) in [5, 5.41) is 7.79. The van der Waals surface area contributed by atoms with Crippen LogP contribution in [0.1, 0.15) is 11.1 Å². The van der Waals surface area contributed by atoms with Crippen LogP contribution in [0.15, 0.2) is 53.4 Å². The van der Waals surface area contributed by atoms with Crippen LogP contribution < -0.4 is 15.2 Å². The van der Waals surface area contributed by atoms with Gasteiger partial charge in [0.25, 0.3) is 0 Å². The van der Waals surface area contributed by atoms with Crippen LogP contribution >= 0.6 is 0 Å². The summed E-state index contributed by atoms with van der Waals surface area (Å²) in [6.07, 6.45) is -0.114. The number of hydrogen-bond donors (Lipinski definition) is 2. The summed E-state index contributed by atoms with van der Waals surface area (Å²) in [5.41, 5.74) is 1.60. The Balaban J connectivity index is 1.86. The van der Waals surface area contributed by atoms with E-state index in [1.165, 1.54) is 19.2 Å². The summed E-state index contributed by atoms with van der Waals surface area (Å²) in [7, 11) is -2.52. The average Bonchev–Trinajstić information content (AvgIpc) is 2.60. The average molecular weight is 364 g/mol. The summed E-state index contributed by atoms with van der Waals surface area (Å²) < 4.78 is 33.2. The first-order valence-corrected chi connectivity index (χ1v) is 9.09. The topological polar surface area (TPSA) is 108 Å². The number of nitrogens with one attached hydrogen (secondary N) is 1. The molecule has 0 saturated heterocycles. The Bertz CT molecular complexity index is 822. The molecule has 2 aromatic rings. The van der Waals surface area contributed by atoms with Crippen LogP contribution in [0.3, 0.4) is 0 Å². The van der Waals surface area contributed by atoms with E-state index in [2.05, 4.69) is 5.32 Å². The summed E-state index contributed by atoms with van der Waals surface area (Å²) >= 11 is 0. The molecule has 0 aliphatic rings. The number of carbonyl (C=O) groups excluding carboxylic acids is 1. The van der Waals surface area contributed by atoms with Gasteiger partial charge in [-0.25, -0.2) is 18.4 Å². The van der Waals surface area contributed by atoms with Gasteiger partial charge in [-0.1, -0.05) is 36.4 Å². The lowest BCUT2D eigenvalue weighted by molar-refractivity contribution is 0.140. The summed E-state index contributed by atoms with van der Waals surface area (Å²) in [6.45, 7) is 0.481. The van der Waals surface area contributed by atoms with Gasteiger partial charge in [-0.15, -0.1) is 0 Å². The highest BCUT2D eigenvalue weighted by molar-refractivity contribution is 7.89. The van der Waals surface area contributed by atoms with Gasteiger partial charge in [0.1, 0.15) is 17.3 Å². The Kier molecular flexibility index (Phi) is 6.37. The van der Waals surface area contributed by atoms with Crippen molar-refractivity contribution in [2.45, 2.75) is 17.9 Å². The molecule has 1 amide bonds. The van der Waals surface area contributed by atoms with Gasteiger partial charge in [0.2, 0.25) is 10.0 Å². The SMILES string of the molecule is COc1ccc(CCNC(=O)OCc2ccccc2)cc1S(N)(=O)=O. The molecule has 2 aromatic carbocycles. The maximum atomic E-state index is 11.7. The molecule has 3 N–H and O–H groups in total. The quantitative estimate of drug-likeness (QED) is 0.779. The second-order valence-electron chi connectivity index (χ2n) is 5.27. The van der Waals surface area contributed by atoms with Crippen molar-refractivity contribution in [3.05, 3.63) is 59.7 Å². The van der Waals surface area contributed by atoms with Gasteiger partial charge in [0.15, 0.2) is 0 Å². The normalized spacial score (nSPS) is 11.0. The number of alkyl carbamates (subject to hydrolysis) is 1. The molecule has 0 atom stereocenters. The summed E-state index contributed by atoms with van der Waals surface area (Å²) in [6, 6.07) is 14.0. The van der Waals surface area contributed by atoms with Gasteiger partial charge in [0, 0.05) is 6.54 Å². The number of nitrogens with two attached hydrogens (primary N) is 1. The van der Waals surface area contributed by atoms with Crippen molar-refractivity contribution in [3.63, 3.8) is 0 Å². The van der Waals surface area contributed by atoms with Gasteiger partial charge >= 0.3 is 6.09 Å². The lowest BCUT2D eigenvalue weighted by Gasteiger charge is -2.10. The maximum absolute atomic E-state index is 11.7. The van der Waals surface area contributed by atoms with E-state index in [0.717, 1.165) is 5.56 Å². The molecule has 0 spiro atoms. The summed E-state index contributed by atoms with van der Waals surface area (Å²) in [5.74, 6) is 0.182. The van der Waals surface area contributed by atoms with Crippen molar-refractivity contribution in [2.24, 2.45) is 5.14 Å². The van der Waals surface area contributed by atoms with Crippen LogP contribution in [-0.2, 0) is 27.8 Å². The zero-order valence-corrected chi connectivity index (χ0v) is 14.6. The van der Waals surface area contributed by atoms with E-state index in [-0.39, 0.29) is 17.3 Å². The standard InChI is InChI=1S/C17H20N2O5S/c1-23-15-8-7-13(11-16(15)25(18,21)22)9-10-19-17(20)24-12-14-5-3-2-4-6-14/h2-8,11H,9-10,12H2,1H3,(H,19,20)(H2,18,21,22). The Hall–Kier alpha value is -2.58. The molecule has 0 bridgehead atoms. The third-order valence-corrected chi connectivity index (χ3v) is 4.36. The molecule has 7 nitrogen and oxygen atoms in total. The maximum Gasteiger partial charge on any atom is 0.407 e. The fourth-order valence-corrected chi connectivity index (χ4v) is 2.93.